The third-order valence-electron chi connectivity index (χ3n) is 6.82. The lowest BCUT2D eigenvalue weighted by Gasteiger charge is -2.26. The molecule has 2 atom stereocenters. The average Bonchev–Trinajstić information content (AvgIpc) is 2.94. The highest BCUT2D eigenvalue weighted by Crippen LogP contribution is 2.27. The Morgan fingerprint density at radius 2 is 1.71 bits per heavy atom. The molecule has 0 spiro atoms. The first-order chi connectivity index (χ1) is 18.5. The molecular weight excluding hydrogens is 481 g/mol. The number of hydrogen-bond acceptors (Lipinski definition) is 6. The van der Waals surface area contributed by atoms with Crippen LogP contribution < -0.4 is 5.32 Å². The van der Waals surface area contributed by atoms with Gasteiger partial charge in [0.1, 0.15) is 6.17 Å². The summed E-state index contributed by atoms with van der Waals surface area (Å²) < 4.78 is 18.8. The Balaban J connectivity index is 1.38. The molecule has 200 valence electrons. The topological polar surface area (TPSA) is 74.2 Å². The van der Waals surface area contributed by atoms with Gasteiger partial charge in [-0.05, 0) is 48.7 Å². The molecular formula is C31H36FN3O3. The van der Waals surface area contributed by atoms with Gasteiger partial charge in [-0.2, -0.15) is 0 Å². The van der Waals surface area contributed by atoms with E-state index in [1.807, 2.05) is 24.3 Å². The molecule has 0 aromatic heterocycles. The molecule has 0 radical (unpaired) electrons. The lowest BCUT2D eigenvalue weighted by molar-refractivity contribution is -0.117. The molecule has 2 N–H and O–H groups in total. The molecule has 6 nitrogen and oxygen atoms in total. The Hall–Kier alpha value is -3.31. The van der Waals surface area contributed by atoms with Crippen LogP contribution in [0.25, 0.3) is 0 Å². The molecule has 2 aromatic carbocycles. The molecule has 38 heavy (non-hydrogen) atoms. The number of nitrogens with one attached hydrogen (secondary N) is 1. The van der Waals surface area contributed by atoms with Crippen LogP contribution in [0, 0.1) is 11.8 Å². The van der Waals surface area contributed by atoms with Crippen molar-refractivity contribution >= 4 is 12.0 Å². The number of carbonyl (C=O) groups is 1. The fraction of sp³-hybridized carbons (Fsp3) is 0.419. The summed E-state index contributed by atoms with van der Waals surface area (Å²) in [5.41, 5.74) is 4.54. The van der Waals surface area contributed by atoms with Crippen molar-refractivity contribution < 1.29 is 19.0 Å². The first-order valence-electron chi connectivity index (χ1n) is 13.3. The zero-order valence-corrected chi connectivity index (χ0v) is 22.0. The number of rotatable bonds is 10. The summed E-state index contributed by atoms with van der Waals surface area (Å²) in [5, 5.41) is 13.3. The van der Waals surface area contributed by atoms with Crippen molar-refractivity contribution in [3.8, 4) is 11.8 Å². The summed E-state index contributed by atoms with van der Waals surface area (Å²) in [6.07, 6.45) is 2.08. The smallest absolute Gasteiger partial charge is 0.204 e. The van der Waals surface area contributed by atoms with Crippen LogP contribution >= 0.6 is 0 Å². The largest absolute Gasteiger partial charge is 0.503 e. The second-order valence-corrected chi connectivity index (χ2v) is 9.85. The molecule has 7 heteroatoms. The van der Waals surface area contributed by atoms with Gasteiger partial charge in [-0.1, -0.05) is 36.1 Å². The predicted octanol–water partition coefficient (Wildman–Crippen LogP) is 4.20. The fourth-order valence-electron chi connectivity index (χ4n) is 4.55. The first kappa shape index (κ1) is 27.7. The van der Waals surface area contributed by atoms with Gasteiger partial charge in [-0.25, -0.2) is 4.39 Å². The molecule has 2 aliphatic heterocycles. The van der Waals surface area contributed by atoms with Gasteiger partial charge >= 0.3 is 0 Å². The maximum atomic E-state index is 13.3. The Kier molecular flexibility index (Phi) is 10.2. The molecule has 0 saturated carbocycles. The number of Topliss-reactive ketones (excluding diaryl/α,β-unsaturated/α-hetero) is 1. The van der Waals surface area contributed by atoms with E-state index in [1.165, 1.54) is 18.7 Å². The lowest BCUT2D eigenvalue weighted by atomic mass is 9.92. The van der Waals surface area contributed by atoms with Gasteiger partial charge in [0.05, 0.1) is 18.9 Å². The minimum absolute atomic E-state index is 0.0824. The van der Waals surface area contributed by atoms with Gasteiger partial charge in [0.15, 0.2) is 5.76 Å². The van der Waals surface area contributed by atoms with Crippen LogP contribution in [0.1, 0.15) is 47.9 Å². The maximum Gasteiger partial charge on any atom is 0.204 e. The summed E-state index contributed by atoms with van der Waals surface area (Å²) in [7, 11) is 0. The minimum Gasteiger partial charge on any atom is -0.503 e. The van der Waals surface area contributed by atoms with Crippen molar-refractivity contribution in [2.75, 3.05) is 45.9 Å². The number of benzene rings is 2. The maximum absolute atomic E-state index is 13.3. The van der Waals surface area contributed by atoms with Gasteiger partial charge < -0.3 is 15.2 Å². The lowest BCUT2D eigenvalue weighted by Crippen LogP contribution is -2.37. The van der Waals surface area contributed by atoms with E-state index in [2.05, 4.69) is 51.3 Å². The Morgan fingerprint density at radius 3 is 2.37 bits per heavy atom. The number of allylic oxidation sites excluding steroid dienone is 2. The molecule has 1 saturated heterocycles. The molecule has 2 aliphatic rings. The number of ketones is 1. The van der Waals surface area contributed by atoms with Crippen LogP contribution in [0.15, 0.2) is 65.0 Å². The van der Waals surface area contributed by atoms with Crippen LogP contribution in [0.4, 0.5) is 4.39 Å². The number of alkyl halides is 1. The summed E-state index contributed by atoms with van der Waals surface area (Å²) >= 11 is 0. The zero-order valence-electron chi connectivity index (χ0n) is 22.0. The van der Waals surface area contributed by atoms with Crippen molar-refractivity contribution in [2.24, 2.45) is 4.99 Å². The average molecular weight is 518 g/mol. The van der Waals surface area contributed by atoms with E-state index in [0.717, 1.165) is 56.0 Å². The van der Waals surface area contributed by atoms with E-state index in [4.69, 9.17) is 4.74 Å². The van der Waals surface area contributed by atoms with E-state index >= 15 is 0 Å². The standard InChI is InChI=1S/C31H36FN3O3/c1-23(32)21-33-22-28(20-29-31(37)30(36)12-14-34-29)27-10-8-25(9-11-27)3-2-24-4-6-26(7-5-24)13-15-35-16-18-38-19-17-35/h4-11,14,23,28,33,37H,12-13,15-22H2,1H3. The number of aliphatic imine (C=N–C) groups is 1. The highest BCUT2D eigenvalue weighted by atomic mass is 19.1. The minimum atomic E-state index is -0.964. The highest BCUT2D eigenvalue weighted by Gasteiger charge is 2.22. The van der Waals surface area contributed by atoms with E-state index < -0.39 is 6.17 Å². The van der Waals surface area contributed by atoms with Crippen molar-refractivity contribution in [1.82, 2.24) is 10.2 Å². The molecule has 0 bridgehead atoms. The van der Waals surface area contributed by atoms with Crippen molar-refractivity contribution in [3.05, 3.63) is 82.2 Å². The summed E-state index contributed by atoms with van der Waals surface area (Å²) in [5.74, 6) is 5.79. The third kappa shape index (κ3) is 8.35. The zero-order chi connectivity index (χ0) is 26.7. The molecule has 2 aromatic rings. The number of nitrogens with zero attached hydrogens (tertiary/aromatic N) is 2. The molecule has 4 rings (SSSR count). The van der Waals surface area contributed by atoms with Gasteiger partial charge in [-0.3, -0.25) is 14.7 Å². The van der Waals surface area contributed by atoms with Crippen LogP contribution in [0.2, 0.25) is 0 Å². The molecule has 1 fully saturated rings. The summed E-state index contributed by atoms with van der Waals surface area (Å²) in [6.45, 7) is 6.94. The van der Waals surface area contributed by atoms with Gasteiger partial charge in [0.25, 0.3) is 0 Å². The quantitative estimate of drug-likeness (QED) is 0.463. The second-order valence-electron chi connectivity index (χ2n) is 9.85. The highest BCUT2D eigenvalue weighted by molar-refractivity contribution is 6.03. The van der Waals surface area contributed by atoms with Gasteiger partial charge in [0, 0.05) is 68.8 Å². The summed E-state index contributed by atoms with van der Waals surface area (Å²) in [4.78, 5) is 18.6. The van der Waals surface area contributed by atoms with E-state index in [-0.39, 0.29) is 30.4 Å². The molecule has 0 aliphatic carbocycles. The van der Waals surface area contributed by atoms with E-state index in [0.29, 0.717) is 18.7 Å². The van der Waals surface area contributed by atoms with Crippen LogP contribution in [-0.2, 0) is 16.0 Å². The normalized spacial score (nSPS) is 17.7. The molecule has 2 unspecified atom stereocenters. The molecule has 0 amide bonds. The summed E-state index contributed by atoms with van der Waals surface area (Å²) in [6, 6.07) is 16.3. The van der Waals surface area contributed by atoms with E-state index in [1.54, 1.807) is 0 Å². The second kappa shape index (κ2) is 14.0. The number of hydrogen-bond donors (Lipinski definition) is 2. The number of morpholine rings is 1. The Labute approximate surface area is 224 Å². The predicted molar refractivity (Wildman–Crippen MR) is 148 cm³/mol. The Morgan fingerprint density at radius 1 is 1.05 bits per heavy atom. The van der Waals surface area contributed by atoms with Gasteiger partial charge in [-0.15, -0.1) is 0 Å². The monoisotopic (exact) mass is 517 g/mol. The van der Waals surface area contributed by atoms with E-state index in [9.17, 15) is 14.3 Å². The van der Waals surface area contributed by atoms with Crippen molar-refractivity contribution in [1.29, 1.82) is 0 Å². The number of aliphatic hydroxyl groups is 1. The fourth-order valence-corrected chi connectivity index (χ4v) is 4.55. The Bertz CT molecular complexity index is 1190. The number of carbonyl (C=O) groups excluding carboxylic acids is 1. The first-order valence-corrected chi connectivity index (χ1v) is 13.3. The van der Waals surface area contributed by atoms with Crippen LogP contribution in [0.5, 0.6) is 0 Å². The number of halogens is 1. The SMILES string of the molecule is CC(F)CNCC(CC1=C(O)C(=O)CC=N1)c1ccc(C#Cc2ccc(CCN3CCOCC3)cc2)cc1. The number of aliphatic hydroxyl groups excluding tert-OH is 1. The third-order valence-corrected chi connectivity index (χ3v) is 6.82. The van der Waals surface area contributed by atoms with Crippen molar-refractivity contribution in [2.45, 2.75) is 38.3 Å². The van der Waals surface area contributed by atoms with Crippen molar-refractivity contribution in [3.63, 3.8) is 0 Å². The van der Waals surface area contributed by atoms with Crippen LogP contribution in [0.3, 0.4) is 0 Å². The van der Waals surface area contributed by atoms with Gasteiger partial charge in [0.2, 0.25) is 5.78 Å². The number of ether oxygens (including phenoxy) is 1. The molecule has 2 heterocycles. The van der Waals surface area contributed by atoms with Crippen LogP contribution in [-0.4, -0.2) is 74.1 Å².